The Kier molecular flexibility index (Phi) is 7.07. The predicted molar refractivity (Wildman–Crippen MR) is 208 cm³/mol. The maximum atomic E-state index is 2.46. The minimum Gasteiger partial charge on any atom is -0.309 e. The molecule has 9 aromatic rings. The van der Waals surface area contributed by atoms with Gasteiger partial charge in [-0.3, -0.25) is 0 Å². The van der Waals surface area contributed by atoms with E-state index in [2.05, 4.69) is 193 Å². The van der Waals surface area contributed by atoms with Crippen LogP contribution >= 0.6 is 11.3 Å². The van der Waals surface area contributed by atoms with Crippen LogP contribution < -0.4 is 4.90 Å². The molecule has 0 N–H and O–H groups in total. The maximum Gasteiger partial charge on any atom is 0.0555 e. The Balaban J connectivity index is 1.34. The average molecular weight is 630 g/mol. The van der Waals surface area contributed by atoms with E-state index in [1.54, 1.807) is 0 Å². The van der Waals surface area contributed by atoms with Crippen LogP contribution in [0.3, 0.4) is 0 Å². The van der Waals surface area contributed by atoms with Gasteiger partial charge in [0.1, 0.15) is 0 Å². The Labute approximate surface area is 284 Å². The molecule has 0 aliphatic carbocycles. The fraction of sp³-hybridized carbons (Fsp3) is 0. The van der Waals surface area contributed by atoms with Crippen LogP contribution in [0.25, 0.3) is 64.3 Å². The fourth-order valence-corrected chi connectivity index (χ4v) is 8.29. The molecule has 0 aliphatic heterocycles. The molecule has 9 rings (SSSR count). The number of anilines is 3. The van der Waals surface area contributed by atoms with Gasteiger partial charge >= 0.3 is 0 Å². The molecule has 0 fully saturated rings. The summed E-state index contributed by atoms with van der Waals surface area (Å²) >= 11 is 1.89. The van der Waals surface area contributed by atoms with Gasteiger partial charge in [-0.2, -0.15) is 0 Å². The molecule has 1 heterocycles. The van der Waals surface area contributed by atoms with Crippen molar-refractivity contribution in [2.45, 2.75) is 0 Å². The van der Waals surface area contributed by atoms with E-state index in [0.717, 1.165) is 11.4 Å². The van der Waals surface area contributed by atoms with Crippen LogP contribution in [0.15, 0.2) is 188 Å². The molecule has 0 amide bonds. The first-order chi connectivity index (χ1) is 23.8. The first-order valence-electron chi connectivity index (χ1n) is 16.4. The first-order valence-corrected chi connectivity index (χ1v) is 17.2. The molecular formula is C46H31NS. The summed E-state index contributed by atoms with van der Waals surface area (Å²) < 4.78 is 2.60. The van der Waals surface area contributed by atoms with Gasteiger partial charge in [-0.15, -0.1) is 11.3 Å². The molecule has 0 atom stereocenters. The number of hydrogen-bond donors (Lipinski definition) is 0. The quantitative estimate of drug-likeness (QED) is 0.177. The van der Waals surface area contributed by atoms with Gasteiger partial charge in [-0.05, 0) is 69.6 Å². The second-order valence-electron chi connectivity index (χ2n) is 12.1. The molecule has 8 aromatic carbocycles. The Hall–Kier alpha value is -5.96. The third kappa shape index (κ3) is 4.86. The van der Waals surface area contributed by atoms with E-state index in [1.807, 2.05) is 11.3 Å². The van der Waals surface area contributed by atoms with Gasteiger partial charge < -0.3 is 4.90 Å². The van der Waals surface area contributed by atoms with Crippen LogP contribution in [0, 0.1) is 0 Å². The molecule has 0 saturated carbocycles. The number of fused-ring (bicyclic) bond motifs is 5. The standard InChI is InChI=1S/C46H31NS/c1-4-15-32(16-5-1)33-27-29-36(30-28-33)47(42-24-13-12-21-37(42)34-17-6-2-7-18-34)43-25-14-26-44-45(43)41-31-40(35-19-8-3-9-20-35)38-22-10-11-23-39(38)46(41)48-44/h1-31H. The predicted octanol–water partition coefficient (Wildman–Crippen LogP) is 13.7. The lowest BCUT2D eigenvalue weighted by Gasteiger charge is -2.29. The maximum absolute atomic E-state index is 2.46. The van der Waals surface area contributed by atoms with Crippen molar-refractivity contribution < 1.29 is 0 Å². The summed E-state index contributed by atoms with van der Waals surface area (Å²) in [5.41, 5.74) is 10.7. The molecule has 226 valence electrons. The largest absolute Gasteiger partial charge is 0.309 e. The average Bonchev–Trinajstić information content (AvgIpc) is 3.56. The van der Waals surface area contributed by atoms with Crippen molar-refractivity contribution in [1.29, 1.82) is 0 Å². The fourth-order valence-electron chi connectivity index (χ4n) is 7.04. The zero-order valence-electron chi connectivity index (χ0n) is 26.3. The normalized spacial score (nSPS) is 11.3. The monoisotopic (exact) mass is 629 g/mol. The highest BCUT2D eigenvalue weighted by Crippen LogP contribution is 2.49. The van der Waals surface area contributed by atoms with Crippen LogP contribution in [0.1, 0.15) is 0 Å². The molecule has 0 aliphatic rings. The van der Waals surface area contributed by atoms with Crippen LogP contribution in [-0.2, 0) is 0 Å². The van der Waals surface area contributed by atoms with Gasteiger partial charge in [-0.25, -0.2) is 0 Å². The van der Waals surface area contributed by atoms with Crippen LogP contribution in [0.2, 0.25) is 0 Å². The van der Waals surface area contributed by atoms with E-state index < -0.39 is 0 Å². The highest BCUT2D eigenvalue weighted by molar-refractivity contribution is 7.26. The molecule has 0 radical (unpaired) electrons. The second kappa shape index (κ2) is 12.0. The van der Waals surface area contributed by atoms with E-state index in [4.69, 9.17) is 0 Å². The molecular weight excluding hydrogens is 599 g/mol. The van der Waals surface area contributed by atoms with Crippen molar-refractivity contribution in [2.75, 3.05) is 4.90 Å². The van der Waals surface area contributed by atoms with E-state index in [0.29, 0.717) is 0 Å². The molecule has 2 heteroatoms. The lowest BCUT2D eigenvalue weighted by Crippen LogP contribution is -2.11. The molecule has 1 aromatic heterocycles. The van der Waals surface area contributed by atoms with E-state index in [9.17, 15) is 0 Å². The Bertz CT molecular complexity index is 2530. The summed E-state index contributed by atoms with van der Waals surface area (Å²) in [6.07, 6.45) is 0. The van der Waals surface area contributed by atoms with Gasteiger partial charge in [0.25, 0.3) is 0 Å². The van der Waals surface area contributed by atoms with Gasteiger partial charge in [0.15, 0.2) is 0 Å². The highest BCUT2D eigenvalue weighted by Gasteiger charge is 2.22. The summed E-state index contributed by atoms with van der Waals surface area (Å²) in [7, 11) is 0. The van der Waals surface area contributed by atoms with Crippen molar-refractivity contribution >= 4 is 59.3 Å². The number of nitrogens with zero attached hydrogens (tertiary/aromatic N) is 1. The summed E-state index contributed by atoms with van der Waals surface area (Å²) in [5, 5.41) is 5.14. The van der Waals surface area contributed by atoms with Gasteiger partial charge in [0.2, 0.25) is 0 Å². The van der Waals surface area contributed by atoms with Gasteiger partial charge in [0.05, 0.1) is 11.4 Å². The molecule has 0 saturated heterocycles. The van der Waals surface area contributed by atoms with E-state index in [-0.39, 0.29) is 0 Å². The number of rotatable bonds is 6. The smallest absolute Gasteiger partial charge is 0.0555 e. The Morgan fingerprint density at radius 3 is 1.60 bits per heavy atom. The van der Waals surface area contributed by atoms with E-state index in [1.165, 1.54) is 70.0 Å². The Morgan fingerprint density at radius 2 is 0.896 bits per heavy atom. The highest BCUT2D eigenvalue weighted by atomic mass is 32.1. The van der Waals surface area contributed by atoms with Crippen molar-refractivity contribution in [3.8, 4) is 33.4 Å². The van der Waals surface area contributed by atoms with Crippen molar-refractivity contribution in [2.24, 2.45) is 0 Å². The first kappa shape index (κ1) is 28.3. The Morgan fingerprint density at radius 1 is 0.354 bits per heavy atom. The minimum absolute atomic E-state index is 1.12. The van der Waals surface area contributed by atoms with Gasteiger partial charge in [0, 0.05) is 36.8 Å². The van der Waals surface area contributed by atoms with Crippen molar-refractivity contribution in [1.82, 2.24) is 0 Å². The molecule has 0 unspecified atom stereocenters. The number of thiophene rings is 1. The number of para-hydroxylation sites is 1. The SMILES string of the molecule is c1ccc(-c2ccc(N(c3ccccc3-c3ccccc3)c3cccc4sc5c6ccccc6c(-c6ccccc6)cc5c34)cc2)cc1. The summed E-state index contributed by atoms with van der Waals surface area (Å²) in [4.78, 5) is 2.46. The summed E-state index contributed by atoms with van der Waals surface area (Å²) in [6, 6.07) is 68.0. The number of hydrogen-bond acceptors (Lipinski definition) is 2. The van der Waals surface area contributed by atoms with E-state index >= 15 is 0 Å². The van der Waals surface area contributed by atoms with Crippen LogP contribution in [-0.4, -0.2) is 0 Å². The molecule has 48 heavy (non-hydrogen) atoms. The summed E-state index contributed by atoms with van der Waals surface area (Å²) in [6.45, 7) is 0. The lowest BCUT2D eigenvalue weighted by molar-refractivity contribution is 1.30. The van der Waals surface area contributed by atoms with Crippen LogP contribution in [0.5, 0.6) is 0 Å². The second-order valence-corrected chi connectivity index (χ2v) is 13.1. The van der Waals surface area contributed by atoms with Crippen LogP contribution in [0.4, 0.5) is 17.1 Å². The lowest BCUT2D eigenvalue weighted by atomic mass is 9.95. The number of benzene rings is 8. The third-order valence-corrected chi connectivity index (χ3v) is 10.5. The minimum atomic E-state index is 1.12. The van der Waals surface area contributed by atoms with Crippen molar-refractivity contribution in [3.63, 3.8) is 0 Å². The molecule has 0 spiro atoms. The summed E-state index contributed by atoms with van der Waals surface area (Å²) in [5.74, 6) is 0. The zero-order valence-corrected chi connectivity index (χ0v) is 27.1. The van der Waals surface area contributed by atoms with Crippen molar-refractivity contribution in [3.05, 3.63) is 188 Å². The third-order valence-electron chi connectivity index (χ3n) is 9.27. The zero-order chi connectivity index (χ0) is 31.9. The topological polar surface area (TPSA) is 3.24 Å². The molecule has 0 bridgehead atoms. The van der Waals surface area contributed by atoms with Gasteiger partial charge in [-0.1, -0.05) is 152 Å². The molecule has 1 nitrogen and oxygen atoms in total.